The van der Waals surface area contributed by atoms with Crippen LogP contribution < -0.4 is 15.4 Å². The van der Waals surface area contributed by atoms with Gasteiger partial charge in [0, 0.05) is 30.3 Å². The first-order chi connectivity index (χ1) is 13.8. The summed E-state index contributed by atoms with van der Waals surface area (Å²) in [5.41, 5.74) is 1.01. The van der Waals surface area contributed by atoms with Gasteiger partial charge in [0.1, 0.15) is 23.4 Å². The number of hydrogen-bond donors (Lipinski definition) is 2. The average molecular weight is 441 g/mol. The molecule has 1 heterocycles. The predicted molar refractivity (Wildman–Crippen MR) is 115 cm³/mol. The van der Waals surface area contributed by atoms with Gasteiger partial charge in [-0.1, -0.05) is 19.9 Å². The largest absolute Gasteiger partial charge is 0.497 e. The second-order valence-electron chi connectivity index (χ2n) is 7.82. The molecule has 3 rings (SSSR count). The van der Waals surface area contributed by atoms with Crippen molar-refractivity contribution >= 4 is 24.0 Å². The van der Waals surface area contributed by atoms with Crippen LogP contribution in [0.3, 0.4) is 0 Å². The molecule has 0 saturated heterocycles. The highest BCUT2D eigenvalue weighted by Crippen LogP contribution is 2.32. The van der Waals surface area contributed by atoms with E-state index in [0.717, 1.165) is 35.4 Å². The van der Waals surface area contributed by atoms with Crippen LogP contribution in [0.4, 0.5) is 14.5 Å². The fourth-order valence-electron chi connectivity index (χ4n) is 3.84. The molecule has 0 aromatic heterocycles. The summed E-state index contributed by atoms with van der Waals surface area (Å²) in [6, 6.07) is 7.21. The Hall–Kier alpha value is -2.22. The van der Waals surface area contributed by atoms with E-state index in [9.17, 15) is 13.6 Å². The minimum atomic E-state index is -0.839. The van der Waals surface area contributed by atoms with E-state index in [0.29, 0.717) is 6.54 Å². The van der Waals surface area contributed by atoms with Crippen LogP contribution in [0.2, 0.25) is 0 Å². The first kappa shape index (κ1) is 24.1. The zero-order valence-electron chi connectivity index (χ0n) is 17.5. The normalized spacial score (nSPS) is 15.7. The molecular weight excluding hydrogens is 414 g/mol. The molecule has 0 bridgehead atoms. The maximum absolute atomic E-state index is 14.7. The van der Waals surface area contributed by atoms with Crippen LogP contribution in [0.1, 0.15) is 36.6 Å². The van der Waals surface area contributed by atoms with Gasteiger partial charge < -0.3 is 20.1 Å². The number of ether oxygens (including phenoxy) is 2. The van der Waals surface area contributed by atoms with Gasteiger partial charge in [-0.2, -0.15) is 0 Å². The van der Waals surface area contributed by atoms with E-state index >= 15 is 0 Å². The third-order valence-corrected chi connectivity index (χ3v) is 5.16. The van der Waals surface area contributed by atoms with Crippen LogP contribution in [0, 0.1) is 11.6 Å². The summed E-state index contributed by atoms with van der Waals surface area (Å²) in [6.07, 6.45) is 0.767. The van der Waals surface area contributed by atoms with Gasteiger partial charge in [-0.25, -0.2) is 8.78 Å². The summed E-state index contributed by atoms with van der Waals surface area (Å²) in [7, 11) is 3.07. The van der Waals surface area contributed by atoms with Crippen LogP contribution in [0.15, 0.2) is 30.3 Å². The van der Waals surface area contributed by atoms with Crippen LogP contribution in [0.5, 0.6) is 5.75 Å². The summed E-state index contributed by atoms with van der Waals surface area (Å²) in [5.74, 6) is -1.09. The third kappa shape index (κ3) is 4.91. The molecule has 30 heavy (non-hydrogen) atoms. The Morgan fingerprint density at radius 1 is 1.20 bits per heavy atom. The standard InChI is InChI=1S/C22H26F2N2O3.ClH/c1-22(2,12-28-3)19-17(23)10-14(11-18(19)24)26-21(27)20-16-6-5-15(29-4)9-13(16)7-8-25-20;/h5-6,9-11,20,25H,7-8,12H2,1-4H3,(H,26,27);1H/t20-;/m1./s1. The summed E-state index contributed by atoms with van der Waals surface area (Å²) in [5, 5.41) is 5.79. The second-order valence-corrected chi connectivity index (χ2v) is 7.82. The molecule has 0 unspecified atom stereocenters. The van der Waals surface area contributed by atoms with Crippen LogP contribution in [-0.2, 0) is 21.4 Å². The quantitative estimate of drug-likeness (QED) is 0.708. The topological polar surface area (TPSA) is 59.6 Å². The number of methoxy groups -OCH3 is 2. The van der Waals surface area contributed by atoms with E-state index in [2.05, 4.69) is 10.6 Å². The Bertz CT molecular complexity index is 898. The predicted octanol–water partition coefficient (Wildman–Crippen LogP) is 4.14. The molecule has 2 aromatic rings. The van der Waals surface area contributed by atoms with Gasteiger partial charge >= 0.3 is 0 Å². The minimum Gasteiger partial charge on any atom is -0.497 e. The Morgan fingerprint density at radius 2 is 1.87 bits per heavy atom. The number of nitrogens with one attached hydrogen (secondary N) is 2. The molecule has 0 radical (unpaired) electrons. The Kier molecular flexibility index (Phi) is 7.80. The van der Waals surface area contributed by atoms with Crippen LogP contribution >= 0.6 is 12.4 Å². The summed E-state index contributed by atoms with van der Waals surface area (Å²) in [4.78, 5) is 12.8. The number of carbonyl (C=O) groups excluding carboxylic acids is 1. The Balaban J connectivity index is 0.00000320. The summed E-state index contributed by atoms with van der Waals surface area (Å²) >= 11 is 0. The van der Waals surface area contributed by atoms with Crippen molar-refractivity contribution in [1.82, 2.24) is 5.32 Å². The number of hydrogen-bond acceptors (Lipinski definition) is 4. The van der Waals surface area contributed by atoms with E-state index in [-0.39, 0.29) is 36.2 Å². The van der Waals surface area contributed by atoms with Gasteiger partial charge in [-0.05, 0) is 41.8 Å². The number of halogens is 3. The lowest BCUT2D eigenvalue weighted by atomic mass is 9.84. The molecule has 0 fully saturated rings. The van der Waals surface area contributed by atoms with Crippen molar-refractivity contribution in [1.29, 1.82) is 0 Å². The maximum Gasteiger partial charge on any atom is 0.246 e. The molecule has 0 spiro atoms. The Morgan fingerprint density at radius 3 is 2.47 bits per heavy atom. The van der Waals surface area contributed by atoms with E-state index in [1.807, 2.05) is 12.1 Å². The number of carbonyl (C=O) groups is 1. The highest BCUT2D eigenvalue weighted by molar-refractivity contribution is 5.96. The first-order valence-corrected chi connectivity index (χ1v) is 9.46. The van der Waals surface area contributed by atoms with Crippen molar-refractivity contribution in [3.63, 3.8) is 0 Å². The van der Waals surface area contributed by atoms with Gasteiger partial charge in [0.05, 0.1) is 13.7 Å². The summed E-state index contributed by atoms with van der Waals surface area (Å²) < 4.78 is 39.7. The maximum atomic E-state index is 14.7. The van der Waals surface area contributed by atoms with Gasteiger partial charge in [-0.3, -0.25) is 4.79 Å². The molecule has 8 heteroatoms. The number of benzene rings is 2. The molecule has 2 N–H and O–H groups in total. The van der Waals surface area contributed by atoms with Gasteiger partial charge in [0.25, 0.3) is 0 Å². The number of anilines is 1. The fourth-order valence-corrected chi connectivity index (χ4v) is 3.84. The SMILES string of the molecule is COCC(C)(C)c1c(F)cc(NC(=O)[C@@H]2NCCc3cc(OC)ccc32)cc1F.Cl. The van der Waals surface area contributed by atoms with Crippen molar-refractivity contribution in [2.75, 3.05) is 32.7 Å². The smallest absolute Gasteiger partial charge is 0.246 e. The molecular formula is C22H27ClF2N2O3. The average Bonchev–Trinajstić information content (AvgIpc) is 2.66. The third-order valence-electron chi connectivity index (χ3n) is 5.16. The zero-order chi connectivity index (χ0) is 21.2. The highest BCUT2D eigenvalue weighted by Gasteiger charge is 2.30. The van der Waals surface area contributed by atoms with Gasteiger partial charge in [-0.15, -0.1) is 12.4 Å². The lowest BCUT2D eigenvalue weighted by molar-refractivity contribution is -0.118. The van der Waals surface area contributed by atoms with Gasteiger partial charge in [0.2, 0.25) is 5.91 Å². The number of amides is 1. The van der Waals surface area contributed by atoms with E-state index in [1.165, 1.54) is 7.11 Å². The minimum absolute atomic E-state index is 0. The van der Waals surface area contributed by atoms with Crippen molar-refractivity contribution in [2.24, 2.45) is 0 Å². The monoisotopic (exact) mass is 440 g/mol. The van der Waals surface area contributed by atoms with E-state index < -0.39 is 23.1 Å². The second kappa shape index (κ2) is 9.73. The fraction of sp³-hybridized carbons (Fsp3) is 0.409. The summed E-state index contributed by atoms with van der Waals surface area (Å²) in [6.45, 7) is 4.19. The highest BCUT2D eigenvalue weighted by atomic mass is 35.5. The molecule has 2 aromatic carbocycles. The molecule has 0 saturated carbocycles. The van der Waals surface area contributed by atoms with Crippen molar-refractivity contribution in [3.8, 4) is 5.75 Å². The molecule has 0 aliphatic carbocycles. The molecule has 1 amide bonds. The number of fused-ring (bicyclic) bond motifs is 1. The molecule has 1 atom stereocenters. The number of rotatable bonds is 6. The van der Waals surface area contributed by atoms with E-state index in [1.54, 1.807) is 27.0 Å². The molecule has 1 aliphatic heterocycles. The van der Waals surface area contributed by atoms with Crippen LogP contribution in [0.25, 0.3) is 0 Å². The first-order valence-electron chi connectivity index (χ1n) is 9.46. The lowest BCUT2D eigenvalue weighted by Gasteiger charge is -2.27. The Labute approximate surface area is 181 Å². The van der Waals surface area contributed by atoms with Crippen molar-refractivity contribution < 1.29 is 23.0 Å². The van der Waals surface area contributed by atoms with Crippen molar-refractivity contribution in [2.45, 2.75) is 31.7 Å². The van der Waals surface area contributed by atoms with E-state index in [4.69, 9.17) is 9.47 Å². The molecule has 1 aliphatic rings. The zero-order valence-corrected chi connectivity index (χ0v) is 18.3. The van der Waals surface area contributed by atoms with Gasteiger partial charge in [0.15, 0.2) is 0 Å². The van der Waals surface area contributed by atoms with Crippen LogP contribution in [-0.4, -0.2) is 33.3 Å². The molecule has 5 nitrogen and oxygen atoms in total. The lowest BCUT2D eigenvalue weighted by Crippen LogP contribution is -2.38. The molecule has 164 valence electrons. The van der Waals surface area contributed by atoms with Crippen molar-refractivity contribution in [3.05, 3.63) is 58.7 Å².